The van der Waals surface area contributed by atoms with Crippen molar-refractivity contribution in [3.8, 4) is 0 Å². The Bertz CT molecular complexity index is 232. The zero-order valence-electron chi connectivity index (χ0n) is 9.96. The summed E-state index contributed by atoms with van der Waals surface area (Å²) in [7, 11) is 1.32. The van der Waals surface area contributed by atoms with Crippen molar-refractivity contribution < 1.29 is 14.3 Å². The van der Waals surface area contributed by atoms with Crippen molar-refractivity contribution in [2.75, 3.05) is 13.7 Å². The van der Waals surface area contributed by atoms with E-state index in [1.807, 2.05) is 0 Å². The van der Waals surface area contributed by atoms with Gasteiger partial charge >= 0.3 is 5.97 Å². The molecule has 0 saturated heterocycles. The third kappa shape index (κ3) is 4.64. The van der Waals surface area contributed by atoms with Crippen molar-refractivity contribution in [2.24, 2.45) is 5.92 Å². The zero-order valence-corrected chi connectivity index (χ0v) is 9.96. The summed E-state index contributed by atoms with van der Waals surface area (Å²) < 4.78 is 4.48. The average Bonchev–Trinajstić information content (AvgIpc) is 2.25. The standard InChI is InChI=1S/C12H21NO3/c1-16-11(14)9-13-12(15)10-7-5-3-2-4-6-8-10/h10H,2-9H2,1H3,(H,13,15). The highest BCUT2D eigenvalue weighted by molar-refractivity contribution is 5.83. The van der Waals surface area contributed by atoms with Crippen molar-refractivity contribution in [3.05, 3.63) is 0 Å². The Morgan fingerprint density at radius 2 is 1.69 bits per heavy atom. The van der Waals surface area contributed by atoms with Crippen LogP contribution >= 0.6 is 0 Å². The lowest BCUT2D eigenvalue weighted by molar-refractivity contribution is -0.141. The largest absolute Gasteiger partial charge is 0.468 e. The number of amides is 1. The second-order valence-electron chi connectivity index (χ2n) is 4.34. The van der Waals surface area contributed by atoms with Gasteiger partial charge in [0, 0.05) is 5.92 Å². The highest BCUT2D eigenvalue weighted by Crippen LogP contribution is 2.22. The number of hydrogen-bond donors (Lipinski definition) is 1. The first-order valence-corrected chi connectivity index (χ1v) is 6.08. The third-order valence-electron chi connectivity index (χ3n) is 3.11. The number of methoxy groups -OCH3 is 1. The molecule has 1 aliphatic rings. The molecule has 0 unspecified atom stereocenters. The van der Waals surface area contributed by atoms with Crippen LogP contribution in [0.15, 0.2) is 0 Å². The van der Waals surface area contributed by atoms with E-state index in [-0.39, 0.29) is 24.3 Å². The van der Waals surface area contributed by atoms with Gasteiger partial charge < -0.3 is 10.1 Å². The first-order chi connectivity index (χ1) is 7.74. The molecule has 1 rings (SSSR count). The maximum atomic E-state index is 11.8. The van der Waals surface area contributed by atoms with E-state index in [1.165, 1.54) is 26.4 Å². The summed E-state index contributed by atoms with van der Waals surface area (Å²) >= 11 is 0. The van der Waals surface area contributed by atoms with Crippen LogP contribution in [-0.2, 0) is 14.3 Å². The quantitative estimate of drug-likeness (QED) is 0.746. The van der Waals surface area contributed by atoms with Gasteiger partial charge in [-0.1, -0.05) is 32.1 Å². The van der Waals surface area contributed by atoms with Crippen molar-refractivity contribution in [2.45, 2.75) is 44.9 Å². The van der Waals surface area contributed by atoms with Crippen LogP contribution in [0.4, 0.5) is 0 Å². The summed E-state index contributed by atoms with van der Waals surface area (Å²) in [5, 5.41) is 2.64. The van der Waals surface area contributed by atoms with Crippen molar-refractivity contribution in [1.29, 1.82) is 0 Å². The summed E-state index contributed by atoms with van der Waals surface area (Å²) in [4.78, 5) is 22.6. The van der Waals surface area contributed by atoms with Crippen LogP contribution in [0.25, 0.3) is 0 Å². The number of nitrogens with one attached hydrogen (secondary N) is 1. The Balaban J connectivity index is 2.30. The second-order valence-corrected chi connectivity index (χ2v) is 4.34. The molecule has 0 aromatic carbocycles. The molecule has 0 spiro atoms. The van der Waals surface area contributed by atoms with Crippen LogP contribution in [0.1, 0.15) is 44.9 Å². The predicted molar refractivity (Wildman–Crippen MR) is 60.8 cm³/mol. The number of ether oxygens (including phenoxy) is 1. The normalized spacial score (nSPS) is 18.3. The Hall–Kier alpha value is -1.06. The van der Waals surface area contributed by atoms with E-state index in [0.717, 1.165) is 25.7 Å². The van der Waals surface area contributed by atoms with E-state index in [4.69, 9.17) is 0 Å². The molecule has 0 atom stereocenters. The van der Waals surface area contributed by atoms with Gasteiger partial charge in [-0.2, -0.15) is 0 Å². The molecule has 1 aliphatic carbocycles. The number of hydrogen-bond acceptors (Lipinski definition) is 3. The molecule has 1 amide bonds. The van der Waals surface area contributed by atoms with Gasteiger partial charge in [0.15, 0.2) is 0 Å². The highest BCUT2D eigenvalue weighted by atomic mass is 16.5. The van der Waals surface area contributed by atoms with Gasteiger partial charge in [0.25, 0.3) is 0 Å². The van der Waals surface area contributed by atoms with Gasteiger partial charge in [0.1, 0.15) is 6.54 Å². The van der Waals surface area contributed by atoms with Crippen LogP contribution in [0.3, 0.4) is 0 Å². The Labute approximate surface area is 96.7 Å². The highest BCUT2D eigenvalue weighted by Gasteiger charge is 2.19. The van der Waals surface area contributed by atoms with E-state index >= 15 is 0 Å². The maximum absolute atomic E-state index is 11.8. The second kappa shape index (κ2) is 7.25. The molecular weight excluding hydrogens is 206 g/mol. The molecule has 4 nitrogen and oxygen atoms in total. The Kier molecular flexibility index (Phi) is 5.90. The molecule has 1 fully saturated rings. The maximum Gasteiger partial charge on any atom is 0.325 e. The van der Waals surface area contributed by atoms with E-state index in [0.29, 0.717) is 0 Å². The summed E-state index contributed by atoms with van der Waals surface area (Å²) in [5.41, 5.74) is 0. The minimum Gasteiger partial charge on any atom is -0.468 e. The molecule has 1 N–H and O–H groups in total. The fraction of sp³-hybridized carbons (Fsp3) is 0.833. The van der Waals surface area contributed by atoms with Crippen LogP contribution in [0.2, 0.25) is 0 Å². The summed E-state index contributed by atoms with van der Waals surface area (Å²) in [5.74, 6) is -0.295. The van der Waals surface area contributed by atoms with Crippen LogP contribution < -0.4 is 5.32 Å². The molecule has 92 valence electrons. The molecule has 16 heavy (non-hydrogen) atoms. The smallest absolute Gasteiger partial charge is 0.325 e. The van der Waals surface area contributed by atoms with Gasteiger partial charge in [0.05, 0.1) is 7.11 Å². The van der Waals surface area contributed by atoms with E-state index in [2.05, 4.69) is 10.1 Å². The average molecular weight is 227 g/mol. The lowest BCUT2D eigenvalue weighted by Crippen LogP contribution is -2.35. The van der Waals surface area contributed by atoms with Gasteiger partial charge in [-0.15, -0.1) is 0 Å². The van der Waals surface area contributed by atoms with Gasteiger partial charge in [0.2, 0.25) is 5.91 Å². The summed E-state index contributed by atoms with van der Waals surface area (Å²) in [6.45, 7) is -0.00810. The molecule has 0 heterocycles. The monoisotopic (exact) mass is 227 g/mol. The molecular formula is C12H21NO3. The van der Waals surface area contributed by atoms with Crippen LogP contribution in [0.5, 0.6) is 0 Å². The third-order valence-corrected chi connectivity index (χ3v) is 3.11. The minimum atomic E-state index is -0.390. The Morgan fingerprint density at radius 3 is 2.25 bits per heavy atom. The van der Waals surface area contributed by atoms with E-state index < -0.39 is 0 Å². The lowest BCUT2D eigenvalue weighted by Gasteiger charge is -2.18. The van der Waals surface area contributed by atoms with E-state index in [9.17, 15) is 9.59 Å². The van der Waals surface area contributed by atoms with Crippen molar-refractivity contribution in [3.63, 3.8) is 0 Å². The molecule has 0 aliphatic heterocycles. The molecule has 0 radical (unpaired) electrons. The minimum absolute atomic E-state index is 0.00676. The SMILES string of the molecule is COC(=O)CNC(=O)C1CCCCCCC1. The first kappa shape index (κ1) is 13.0. The topological polar surface area (TPSA) is 55.4 Å². The zero-order chi connectivity index (χ0) is 11.8. The molecule has 0 bridgehead atoms. The van der Waals surface area contributed by atoms with Crippen LogP contribution in [-0.4, -0.2) is 25.5 Å². The van der Waals surface area contributed by atoms with Crippen molar-refractivity contribution in [1.82, 2.24) is 5.32 Å². The number of carbonyl (C=O) groups excluding carboxylic acids is 2. The fourth-order valence-corrected chi connectivity index (χ4v) is 2.09. The molecule has 0 aromatic rings. The predicted octanol–water partition coefficient (Wildman–Crippen LogP) is 1.64. The number of rotatable bonds is 3. The lowest BCUT2D eigenvalue weighted by atomic mass is 9.90. The summed E-state index contributed by atoms with van der Waals surface area (Å²) in [6.07, 6.45) is 7.88. The fourth-order valence-electron chi connectivity index (χ4n) is 2.09. The molecule has 1 saturated carbocycles. The van der Waals surface area contributed by atoms with Gasteiger partial charge in [-0.25, -0.2) is 0 Å². The summed E-state index contributed by atoms with van der Waals surface area (Å²) in [6, 6.07) is 0. The van der Waals surface area contributed by atoms with Crippen molar-refractivity contribution >= 4 is 11.9 Å². The Morgan fingerprint density at radius 1 is 1.12 bits per heavy atom. The first-order valence-electron chi connectivity index (χ1n) is 6.08. The molecule has 4 heteroatoms. The van der Waals surface area contributed by atoms with E-state index in [1.54, 1.807) is 0 Å². The van der Waals surface area contributed by atoms with Gasteiger partial charge in [-0.3, -0.25) is 9.59 Å². The number of carbonyl (C=O) groups is 2. The number of esters is 1. The molecule has 0 aromatic heterocycles. The van der Waals surface area contributed by atoms with Gasteiger partial charge in [-0.05, 0) is 12.8 Å². The van der Waals surface area contributed by atoms with Crippen LogP contribution in [0, 0.1) is 5.92 Å².